The Morgan fingerprint density at radius 1 is 1.89 bits per heavy atom. The summed E-state index contributed by atoms with van der Waals surface area (Å²) >= 11 is 0. The van der Waals surface area contributed by atoms with Gasteiger partial charge in [0.05, 0.1) is 0 Å². The molecule has 0 aromatic carbocycles. The molecule has 0 spiro atoms. The van der Waals surface area contributed by atoms with Crippen LogP contribution in [-0.2, 0) is 0 Å². The smallest absolute Gasteiger partial charge is 0.105 e. The van der Waals surface area contributed by atoms with Crippen molar-refractivity contribution in [3.63, 3.8) is 0 Å². The number of hydrogen-bond donors (Lipinski definition) is 0. The van der Waals surface area contributed by atoms with Crippen molar-refractivity contribution >= 4 is 12.4 Å². The third kappa shape index (κ3) is 0.526. The van der Waals surface area contributed by atoms with Gasteiger partial charge in [0.25, 0.3) is 6.72 Å². The van der Waals surface area contributed by atoms with Crippen molar-refractivity contribution in [3.8, 4) is 0 Å². The van der Waals surface area contributed by atoms with Crippen molar-refractivity contribution in [3.05, 3.63) is 11.1 Å². The standard InChI is InChI=1S/C8H10N/c1-3-7(9-2)8-5-4-6(5)8/h5H,2-4H2,1H3/q+1. The Kier molecular flexibility index (Phi) is 0.762. The van der Waals surface area contributed by atoms with Gasteiger partial charge in [-0.3, -0.25) is 0 Å². The highest BCUT2D eigenvalue weighted by Crippen LogP contribution is 2.61. The zero-order valence-corrected chi connectivity index (χ0v) is 5.65. The second-order valence-electron chi connectivity index (χ2n) is 2.65. The first-order chi connectivity index (χ1) is 4.38. The minimum Gasteiger partial charge on any atom is -0.105 e. The summed E-state index contributed by atoms with van der Waals surface area (Å²) in [5, 5.41) is 0. The van der Waals surface area contributed by atoms with E-state index < -0.39 is 0 Å². The van der Waals surface area contributed by atoms with Gasteiger partial charge in [-0.25, -0.2) is 0 Å². The van der Waals surface area contributed by atoms with Crippen LogP contribution >= 0.6 is 0 Å². The van der Waals surface area contributed by atoms with E-state index in [-0.39, 0.29) is 0 Å². The van der Waals surface area contributed by atoms with Gasteiger partial charge in [0.15, 0.2) is 0 Å². The van der Waals surface area contributed by atoms with Crippen molar-refractivity contribution in [2.45, 2.75) is 19.8 Å². The lowest BCUT2D eigenvalue weighted by Crippen LogP contribution is -1.99. The van der Waals surface area contributed by atoms with Gasteiger partial charge in [-0.15, -0.1) is 4.67 Å². The predicted molar refractivity (Wildman–Crippen MR) is 39.7 cm³/mol. The summed E-state index contributed by atoms with van der Waals surface area (Å²) in [6.07, 6.45) is 2.41. The summed E-state index contributed by atoms with van der Waals surface area (Å²) < 4.78 is 3.96. The summed E-state index contributed by atoms with van der Waals surface area (Å²) in [4.78, 5) is 0. The second kappa shape index (κ2) is 1.37. The SMILES string of the molecule is C=[N+]=C(CC)C1=C2CC21. The van der Waals surface area contributed by atoms with Gasteiger partial charge in [0, 0.05) is 17.9 Å². The molecule has 2 aliphatic carbocycles. The quantitative estimate of drug-likeness (QED) is 0.380. The van der Waals surface area contributed by atoms with Crippen LogP contribution in [0, 0.1) is 5.92 Å². The first kappa shape index (κ1) is 5.01. The van der Waals surface area contributed by atoms with Gasteiger partial charge < -0.3 is 0 Å². The number of rotatable bonds is 2. The largest absolute Gasteiger partial charge is 0.306 e. The normalized spacial score (nSPS) is 27.0. The molecule has 0 heterocycles. The van der Waals surface area contributed by atoms with Crippen LogP contribution < -0.4 is 4.67 Å². The van der Waals surface area contributed by atoms with E-state index in [9.17, 15) is 0 Å². The molecule has 1 atom stereocenters. The monoisotopic (exact) mass is 120 g/mol. The lowest BCUT2D eigenvalue weighted by molar-refractivity contribution is 1.14. The minimum atomic E-state index is 0.880. The van der Waals surface area contributed by atoms with E-state index in [1.165, 1.54) is 17.7 Å². The van der Waals surface area contributed by atoms with E-state index in [0.29, 0.717) is 0 Å². The maximum atomic E-state index is 3.96. The van der Waals surface area contributed by atoms with Crippen molar-refractivity contribution in [2.75, 3.05) is 0 Å². The molecule has 0 bridgehead atoms. The molecule has 1 heteroatoms. The Morgan fingerprint density at radius 3 is 2.67 bits per heavy atom. The van der Waals surface area contributed by atoms with E-state index in [1.807, 2.05) is 0 Å². The molecule has 1 unspecified atom stereocenters. The Labute approximate surface area is 54.8 Å². The van der Waals surface area contributed by atoms with E-state index in [4.69, 9.17) is 0 Å². The number of nitrogens with zero attached hydrogens (tertiary/aromatic N) is 1. The van der Waals surface area contributed by atoms with Crippen molar-refractivity contribution < 1.29 is 0 Å². The van der Waals surface area contributed by atoms with Gasteiger partial charge in [-0.2, -0.15) is 0 Å². The molecule has 0 aromatic rings. The molecule has 1 nitrogen and oxygen atoms in total. The molecule has 0 aromatic heterocycles. The van der Waals surface area contributed by atoms with Gasteiger partial charge >= 0.3 is 5.71 Å². The van der Waals surface area contributed by atoms with Gasteiger partial charge in [-0.1, -0.05) is 6.92 Å². The lowest BCUT2D eigenvalue weighted by atomic mass is 10.1. The fraction of sp³-hybridized carbons (Fsp3) is 0.500. The lowest BCUT2D eigenvalue weighted by Gasteiger charge is -1.82. The second-order valence-corrected chi connectivity index (χ2v) is 2.65. The molecule has 2 rings (SSSR count). The molecule has 0 saturated heterocycles. The van der Waals surface area contributed by atoms with Crippen LogP contribution in [0.5, 0.6) is 0 Å². The van der Waals surface area contributed by atoms with Crippen LogP contribution in [0.3, 0.4) is 0 Å². The molecule has 0 amide bonds. The topological polar surface area (TPSA) is 14.1 Å². The third-order valence-corrected chi connectivity index (χ3v) is 2.13. The Morgan fingerprint density at radius 2 is 2.56 bits per heavy atom. The van der Waals surface area contributed by atoms with E-state index in [2.05, 4.69) is 18.3 Å². The van der Waals surface area contributed by atoms with Crippen LogP contribution in [0.15, 0.2) is 11.1 Å². The van der Waals surface area contributed by atoms with E-state index in [0.717, 1.165) is 12.3 Å². The highest BCUT2D eigenvalue weighted by Gasteiger charge is 2.55. The summed E-state index contributed by atoms with van der Waals surface area (Å²) in [6.45, 7) is 5.66. The Balaban J connectivity index is 2.22. The molecule has 1 fully saturated rings. The maximum Gasteiger partial charge on any atom is 0.306 e. The molecular formula is C8H10N+. The van der Waals surface area contributed by atoms with Crippen LogP contribution in [0.4, 0.5) is 0 Å². The highest BCUT2D eigenvalue weighted by molar-refractivity contribution is 6.08. The molecule has 0 N–H and O–H groups in total. The zero-order valence-electron chi connectivity index (χ0n) is 5.65. The van der Waals surface area contributed by atoms with Crippen molar-refractivity contribution in [1.29, 1.82) is 0 Å². The first-order valence-electron chi connectivity index (χ1n) is 3.44. The van der Waals surface area contributed by atoms with E-state index >= 15 is 0 Å². The van der Waals surface area contributed by atoms with Crippen LogP contribution in [-0.4, -0.2) is 12.4 Å². The fourth-order valence-corrected chi connectivity index (χ4v) is 1.34. The van der Waals surface area contributed by atoms with Gasteiger partial charge in [-0.05, 0) is 12.0 Å². The van der Waals surface area contributed by atoms with Crippen molar-refractivity contribution in [1.82, 2.24) is 4.67 Å². The Hall–Kier alpha value is -0.810. The Bertz CT molecular complexity index is 241. The summed E-state index contributed by atoms with van der Waals surface area (Å²) in [5.74, 6) is 0.880. The number of hydrogen-bond acceptors (Lipinski definition) is 0. The summed E-state index contributed by atoms with van der Waals surface area (Å²) in [7, 11) is 0. The molecule has 0 aliphatic heterocycles. The summed E-state index contributed by atoms with van der Waals surface area (Å²) in [6, 6.07) is 0. The minimum absolute atomic E-state index is 0.880. The van der Waals surface area contributed by atoms with Crippen LogP contribution in [0.1, 0.15) is 19.8 Å². The fourth-order valence-electron chi connectivity index (χ4n) is 1.34. The average molecular weight is 120 g/mol. The number of fused-ring (bicyclic) bond motifs is 1. The van der Waals surface area contributed by atoms with Gasteiger partial charge in [0.2, 0.25) is 0 Å². The van der Waals surface area contributed by atoms with Crippen LogP contribution in [0.25, 0.3) is 0 Å². The van der Waals surface area contributed by atoms with Crippen LogP contribution in [0.2, 0.25) is 0 Å². The maximum absolute atomic E-state index is 3.96. The highest BCUT2D eigenvalue weighted by atomic mass is 14.6. The molecular weight excluding hydrogens is 110 g/mol. The first-order valence-corrected chi connectivity index (χ1v) is 3.44. The third-order valence-electron chi connectivity index (χ3n) is 2.13. The van der Waals surface area contributed by atoms with Gasteiger partial charge in [0.1, 0.15) is 0 Å². The zero-order chi connectivity index (χ0) is 6.43. The predicted octanol–water partition coefficient (Wildman–Crippen LogP) is 0.935. The molecule has 1 saturated carbocycles. The number of allylic oxidation sites excluding steroid dienone is 2. The molecule has 0 radical (unpaired) electrons. The van der Waals surface area contributed by atoms with E-state index in [1.54, 1.807) is 5.57 Å². The van der Waals surface area contributed by atoms with Crippen molar-refractivity contribution in [2.24, 2.45) is 5.92 Å². The summed E-state index contributed by atoms with van der Waals surface area (Å²) in [5.41, 5.74) is 4.42. The molecule has 46 valence electrons. The average Bonchev–Trinajstić information content (AvgIpc) is 2.66. The molecule has 2 aliphatic rings. The molecule has 9 heavy (non-hydrogen) atoms.